The van der Waals surface area contributed by atoms with Gasteiger partial charge in [-0.1, -0.05) is 0 Å². The zero-order chi connectivity index (χ0) is 16.4. The predicted octanol–water partition coefficient (Wildman–Crippen LogP) is 3.03. The SMILES string of the molecule is COC(=O)c1ccc(Nc2nc3c(Br)cccn3n2)cc1OC. The number of pyridine rings is 1. The number of benzene rings is 1. The molecule has 0 aliphatic rings. The first-order valence-corrected chi connectivity index (χ1v) is 7.46. The van der Waals surface area contributed by atoms with Crippen molar-refractivity contribution in [3.8, 4) is 5.75 Å². The molecule has 0 unspecified atom stereocenters. The van der Waals surface area contributed by atoms with Crippen LogP contribution in [0.3, 0.4) is 0 Å². The van der Waals surface area contributed by atoms with Gasteiger partial charge >= 0.3 is 5.97 Å². The molecule has 0 saturated carbocycles. The summed E-state index contributed by atoms with van der Waals surface area (Å²) in [5.41, 5.74) is 1.75. The lowest BCUT2D eigenvalue weighted by Gasteiger charge is -2.09. The number of carbonyl (C=O) groups excluding carboxylic acids is 1. The Kier molecular flexibility index (Phi) is 4.16. The van der Waals surface area contributed by atoms with E-state index in [1.807, 2.05) is 12.1 Å². The van der Waals surface area contributed by atoms with Crippen LogP contribution in [-0.2, 0) is 4.74 Å². The van der Waals surface area contributed by atoms with Crippen molar-refractivity contribution in [2.75, 3.05) is 19.5 Å². The van der Waals surface area contributed by atoms with E-state index in [0.29, 0.717) is 28.6 Å². The predicted molar refractivity (Wildman–Crippen MR) is 88.3 cm³/mol. The van der Waals surface area contributed by atoms with E-state index in [0.717, 1.165) is 4.47 Å². The third kappa shape index (κ3) is 2.98. The van der Waals surface area contributed by atoms with Gasteiger partial charge in [0.05, 0.1) is 18.7 Å². The lowest BCUT2D eigenvalue weighted by atomic mass is 10.2. The van der Waals surface area contributed by atoms with Gasteiger partial charge in [-0.05, 0) is 40.2 Å². The standard InChI is InChI=1S/C15H13BrN4O3/c1-22-12-8-9(5-6-10(12)14(21)23-2)17-15-18-13-11(16)4-3-7-20(13)19-15/h3-8H,1-2H3,(H,17,19). The number of anilines is 2. The molecule has 3 rings (SSSR count). The number of nitrogens with zero attached hydrogens (tertiary/aromatic N) is 3. The fourth-order valence-electron chi connectivity index (χ4n) is 2.10. The third-order valence-electron chi connectivity index (χ3n) is 3.18. The topological polar surface area (TPSA) is 77.8 Å². The van der Waals surface area contributed by atoms with Gasteiger partial charge in [0, 0.05) is 18.0 Å². The minimum absolute atomic E-state index is 0.353. The van der Waals surface area contributed by atoms with Crippen molar-refractivity contribution in [3.05, 3.63) is 46.6 Å². The van der Waals surface area contributed by atoms with E-state index < -0.39 is 5.97 Å². The fourth-order valence-corrected chi connectivity index (χ4v) is 2.53. The Morgan fingerprint density at radius 3 is 2.83 bits per heavy atom. The molecule has 0 spiro atoms. The van der Waals surface area contributed by atoms with Gasteiger partial charge in [0.15, 0.2) is 5.65 Å². The number of ether oxygens (including phenoxy) is 2. The monoisotopic (exact) mass is 376 g/mol. The smallest absolute Gasteiger partial charge is 0.341 e. The number of methoxy groups -OCH3 is 2. The van der Waals surface area contributed by atoms with Crippen LogP contribution in [0, 0.1) is 0 Å². The molecule has 1 N–H and O–H groups in total. The van der Waals surface area contributed by atoms with E-state index in [1.165, 1.54) is 14.2 Å². The van der Waals surface area contributed by atoms with Gasteiger partial charge in [-0.25, -0.2) is 9.31 Å². The minimum Gasteiger partial charge on any atom is -0.496 e. The summed E-state index contributed by atoms with van der Waals surface area (Å²) in [5, 5.41) is 7.41. The van der Waals surface area contributed by atoms with Gasteiger partial charge in [-0.2, -0.15) is 4.98 Å². The number of nitrogens with one attached hydrogen (secondary N) is 1. The normalized spacial score (nSPS) is 10.6. The third-order valence-corrected chi connectivity index (χ3v) is 3.80. The average molecular weight is 377 g/mol. The quantitative estimate of drug-likeness (QED) is 0.705. The lowest BCUT2D eigenvalue weighted by Crippen LogP contribution is -2.04. The van der Waals surface area contributed by atoms with Crippen molar-refractivity contribution in [1.29, 1.82) is 0 Å². The van der Waals surface area contributed by atoms with Gasteiger partial charge in [0.1, 0.15) is 11.3 Å². The highest BCUT2D eigenvalue weighted by Gasteiger charge is 2.14. The fraction of sp³-hybridized carbons (Fsp3) is 0.133. The van der Waals surface area contributed by atoms with Crippen molar-refractivity contribution in [1.82, 2.24) is 14.6 Å². The van der Waals surface area contributed by atoms with Crippen LogP contribution in [0.2, 0.25) is 0 Å². The van der Waals surface area contributed by atoms with E-state index in [-0.39, 0.29) is 0 Å². The number of aromatic nitrogens is 3. The summed E-state index contributed by atoms with van der Waals surface area (Å²) in [6.45, 7) is 0. The van der Waals surface area contributed by atoms with Gasteiger partial charge in [-0.15, -0.1) is 5.10 Å². The number of fused-ring (bicyclic) bond motifs is 1. The molecule has 0 atom stereocenters. The number of esters is 1. The molecule has 0 aliphatic heterocycles. The first-order valence-electron chi connectivity index (χ1n) is 6.66. The maximum atomic E-state index is 11.7. The van der Waals surface area contributed by atoms with Gasteiger partial charge in [0.2, 0.25) is 5.95 Å². The van der Waals surface area contributed by atoms with Crippen LogP contribution in [0.25, 0.3) is 5.65 Å². The second-order valence-corrected chi connectivity index (χ2v) is 5.45. The maximum Gasteiger partial charge on any atom is 0.341 e. The molecule has 3 aromatic rings. The Labute approximate surface area is 140 Å². The molecule has 8 heteroatoms. The van der Waals surface area contributed by atoms with Gasteiger partial charge < -0.3 is 14.8 Å². The molecule has 0 bridgehead atoms. The number of carbonyl (C=O) groups is 1. The van der Waals surface area contributed by atoms with Crippen LogP contribution < -0.4 is 10.1 Å². The van der Waals surface area contributed by atoms with E-state index in [1.54, 1.807) is 28.9 Å². The molecule has 23 heavy (non-hydrogen) atoms. The molecule has 2 heterocycles. The first-order chi connectivity index (χ1) is 11.1. The van der Waals surface area contributed by atoms with Crippen molar-refractivity contribution in [3.63, 3.8) is 0 Å². The van der Waals surface area contributed by atoms with Crippen LogP contribution in [0.5, 0.6) is 5.75 Å². The summed E-state index contributed by atoms with van der Waals surface area (Å²) in [6, 6.07) is 8.80. The summed E-state index contributed by atoms with van der Waals surface area (Å²) in [5.74, 6) is 0.389. The number of hydrogen-bond acceptors (Lipinski definition) is 6. The Hall–Kier alpha value is -2.61. The summed E-state index contributed by atoms with van der Waals surface area (Å²) in [7, 11) is 2.82. The second kappa shape index (κ2) is 6.25. The zero-order valence-electron chi connectivity index (χ0n) is 12.4. The first kappa shape index (κ1) is 15.3. The van der Waals surface area contributed by atoms with E-state index in [2.05, 4.69) is 31.3 Å². The highest BCUT2D eigenvalue weighted by molar-refractivity contribution is 9.10. The summed E-state index contributed by atoms with van der Waals surface area (Å²) >= 11 is 3.43. The Balaban J connectivity index is 1.92. The van der Waals surface area contributed by atoms with Crippen molar-refractivity contribution in [2.24, 2.45) is 0 Å². The molecule has 0 aliphatic carbocycles. The molecule has 1 aromatic carbocycles. The molecule has 0 amide bonds. The van der Waals surface area contributed by atoms with E-state index in [9.17, 15) is 4.79 Å². The average Bonchev–Trinajstić information content (AvgIpc) is 2.98. The van der Waals surface area contributed by atoms with Gasteiger partial charge in [-0.3, -0.25) is 0 Å². The summed E-state index contributed by atoms with van der Waals surface area (Å²) in [6.07, 6.45) is 1.80. The van der Waals surface area contributed by atoms with E-state index >= 15 is 0 Å². The lowest BCUT2D eigenvalue weighted by molar-refractivity contribution is 0.0597. The number of rotatable bonds is 4. The molecule has 118 valence electrons. The summed E-state index contributed by atoms with van der Waals surface area (Å²) in [4.78, 5) is 16.1. The van der Waals surface area contributed by atoms with Crippen LogP contribution in [0.4, 0.5) is 11.6 Å². The van der Waals surface area contributed by atoms with Crippen molar-refractivity contribution in [2.45, 2.75) is 0 Å². The van der Waals surface area contributed by atoms with Crippen molar-refractivity contribution >= 4 is 39.2 Å². The highest BCUT2D eigenvalue weighted by Crippen LogP contribution is 2.26. The highest BCUT2D eigenvalue weighted by atomic mass is 79.9. The van der Waals surface area contributed by atoms with Crippen LogP contribution in [0.15, 0.2) is 41.0 Å². The second-order valence-electron chi connectivity index (χ2n) is 4.59. The van der Waals surface area contributed by atoms with Crippen LogP contribution >= 0.6 is 15.9 Å². The van der Waals surface area contributed by atoms with Crippen LogP contribution in [0.1, 0.15) is 10.4 Å². The molecular weight excluding hydrogens is 364 g/mol. The molecule has 0 radical (unpaired) electrons. The summed E-state index contributed by atoms with van der Waals surface area (Å²) < 4.78 is 12.5. The molecule has 0 saturated heterocycles. The van der Waals surface area contributed by atoms with Gasteiger partial charge in [0.25, 0.3) is 0 Å². The Bertz CT molecular complexity index is 878. The Morgan fingerprint density at radius 1 is 1.30 bits per heavy atom. The number of halogens is 1. The molecular formula is C15H13BrN4O3. The molecule has 7 nitrogen and oxygen atoms in total. The molecule has 0 fully saturated rings. The Morgan fingerprint density at radius 2 is 2.13 bits per heavy atom. The van der Waals surface area contributed by atoms with E-state index in [4.69, 9.17) is 9.47 Å². The maximum absolute atomic E-state index is 11.7. The van der Waals surface area contributed by atoms with Crippen molar-refractivity contribution < 1.29 is 14.3 Å². The van der Waals surface area contributed by atoms with Crippen LogP contribution in [-0.4, -0.2) is 34.8 Å². The number of hydrogen-bond donors (Lipinski definition) is 1. The molecule has 2 aromatic heterocycles. The minimum atomic E-state index is -0.455. The zero-order valence-corrected chi connectivity index (χ0v) is 14.0. The largest absolute Gasteiger partial charge is 0.496 e.